The molecule has 2 rings (SSSR count). The Bertz CT molecular complexity index is 522. The summed E-state index contributed by atoms with van der Waals surface area (Å²) in [7, 11) is 0. The Morgan fingerprint density at radius 2 is 1.65 bits per heavy atom. The molecule has 0 spiro atoms. The van der Waals surface area contributed by atoms with E-state index in [1.165, 1.54) is 11.1 Å². The first-order valence-electron chi connectivity index (χ1n) is 7.04. The Hall–Kier alpha value is -1.28. The molecule has 20 heavy (non-hydrogen) atoms. The van der Waals surface area contributed by atoms with Crippen molar-refractivity contribution < 1.29 is 4.74 Å². The number of hydrogen-bond acceptors (Lipinski definition) is 1. The Morgan fingerprint density at radius 1 is 0.950 bits per heavy atom. The lowest BCUT2D eigenvalue weighted by molar-refractivity contribution is 0.297. The van der Waals surface area contributed by atoms with Gasteiger partial charge in [-0.25, -0.2) is 0 Å². The fourth-order valence-electron chi connectivity index (χ4n) is 2.12. The summed E-state index contributed by atoms with van der Waals surface area (Å²) in [5.41, 5.74) is 2.63. The molecule has 0 bridgehead atoms. The van der Waals surface area contributed by atoms with Crippen LogP contribution in [0.15, 0.2) is 54.6 Å². The van der Waals surface area contributed by atoms with Crippen LogP contribution in [0.3, 0.4) is 0 Å². The van der Waals surface area contributed by atoms with Gasteiger partial charge in [-0.2, -0.15) is 0 Å². The number of rotatable bonds is 6. The lowest BCUT2D eigenvalue weighted by atomic mass is 10.0. The van der Waals surface area contributed by atoms with Crippen molar-refractivity contribution in [3.8, 4) is 5.75 Å². The molecule has 0 aromatic heterocycles. The van der Waals surface area contributed by atoms with E-state index in [0.717, 1.165) is 11.1 Å². The molecule has 0 saturated carbocycles. The van der Waals surface area contributed by atoms with Gasteiger partial charge in [-0.05, 0) is 29.2 Å². The first-order valence-corrected chi connectivity index (χ1v) is 8.16. The average molecular weight is 333 g/mol. The third kappa shape index (κ3) is 4.11. The molecule has 1 nitrogen and oxygen atoms in total. The normalized spacial score (nSPS) is 12.4. The predicted molar refractivity (Wildman–Crippen MR) is 89.0 cm³/mol. The topological polar surface area (TPSA) is 9.23 Å². The SMILES string of the molecule is CC(C)c1cccc(OCC(CBr)c2ccccc2)c1. The Morgan fingerprint density at radius 3 is 2.30 bits per heavy atom. The highest BCUT2D eigenvalue weighted by molar-refractivity contribution is 9.09. The average Bonchev–Trinajstić information content (AvgIpc) is 2.49. The minimum Gasteiger partial charge on any atom is -0.493 e. The molecule has 0 aliphatic heterocycles. The summed E-state index contributed by atoms with van der Waals surface area (Å²) in [5.74, 6) is 1.86. The summed E-state index contributed by atoms with van der Waals surface area (Å²) in [5, 5.41) is 0.904. The van der Waals surface area contributed by atoms with Gasteiger partial charge in [0.15, 0.2) is 0 Å². The maximum atomic E-state index is 5.97. The largest absolute Gasteiger partial charge is 0.493 e. The van der Waals surface area contributed by atoms with E-state index in [2.05, 4.69) is 72.2 Å². The molecule has 0 amide bonds. The van der Waals surface area contributed by atoms with Crippen LogP contribution >= 0.6 is 15.9 Å². The quantitative estimate of drug-likeness (QED) is 0.646. The standard InChI is InChI=1S/C18H21BrO/c1-14(2)16-9-6-10-18(11-16)20-13-17(12-19)15-7-4-3-5-8-15/h3-11,14,17H,12-13H2,1-2H3. The second-order valence-corrected chi connectivity index (χ2v) is 5.95. The van der Waals surface area contributed by atoms with Crippen LogP contribution in [-0.2, 0) is 0 Å². The zero-order valence-electron chi connectivity index (χ0n) is 12.1. The van der Waals surface area contributed by atoms with Crippen molar-refractivity contribution in [3.63, 3.8) is 0 Å². The second kappa shape index (κ2) is 7.49. The minimum absolute atomic E-state index is 0.374. The van der Waals surface area contributed by atoms with Gasteiger partial charge in [-0.15, -0.1) is 0 Å². The van der Waals surface area contributed by atoms with Crippen LogP contribution in [0.2, 0.25) is 0 Å². The van der Waals surface area contributed by atoms with E-state index in [-0.39, 0.29) is 0 Å². The number of benzene rings is 2. The van der Waals surface area contributed by atoms with Crippen molar-refractivity contribution in [3.05, 3.63) is 65.7 Å². The predicted octanol–water partition coefficient (Wildman–Crippen LogP) is 5.37. The molecule has 106 valence electrons. The van der Waals surface area contributed by atoms with Gasteiger partial charge in [0.05, 0.1) is 6.61 Å². The number of alkyl halides is 1. The van der Waals surface area contributed by atoms with Crippen molar-refractivity contribution in [2.75, 3.05) is 11.9 Å². The summed E-state index contributed by atoms with van der Waals surface area (Å²) in [6.45, 7) is 5.09. The monoisotopic (exact) mass is 332 g/mol. The number of hydrogen-bond donors (Lipinski definition) is 0. The minimum atomic E-state index is 0.374. The Balaban J connectivity index is 2.02. The number of ether oxygens (including phenoxy) is 1. The van der Waals surface area contributed by atoms with Crippen LogP contribution < -0.4 is 4.74 Å². The fraction of sp³-hybridized carbons (Fsp3) is 0.333. The lowest BCUT2D eigenvalue weighted by Crippen LogP contribution is -2.11. The van der Waals surface area contributed by atoms with Gasteiger partial charge in [-0.1, -0.05) is 72.2 Å². The molecule has 2 heteroatoms. The van der Waals surface area contributed by atoms with E-state index in [1.807, 2.05) is 12.1 Å². The van der Waals surface area contributed by atoms with Crippen LogP contribution in [0.5, 0.6) is 5.75 Å². The third-order valence-corrected chi connectivity index (χ3v) is 4.21. The highest BCUT2D eigenvalue weighted by atomic mass is 79.9. The highest BCUT2D eigenvalue weighted by Crippen LogP contribution is 2.23. The molecular formula is C18H21BrO. The zero-order valence-corrected chi connectivity index (χ0v) is 13.6. The first kappa shape index (κ1) is 15.1. The van der Waals surface area contributed by atoms with E-state index in [1.54, 1.807) is 0 Å². The van der Waals surface area contributed by atoms with Crippen LogP contribution in [0.25, 0.3) is 0 Å². The molecule has 0 saturated heterocycles. The van der Waals surface area contributed by atoms with Crippen LogP contribution in [0, 0.1) is 0 Å². The van der Waals surface area contributed by atoms with Crippen molar-refractivity contribution in [1.82, 2.24) is 0 Å². The molecule has 2 aromatic carbocycles. The highest BCUT2D eigenvalue weighted by Gasteiger charge is 2.11. The Kier molecular flexibility index (Phi) is 5.66. The van der Waals surface area contributed by atoms with Gasteiger partial charge in [0.1, 0.15) is 5.75 Å². The maximum absolute atomic E-state index is 5.97. The summed E-state index contributed by atoms with van der Waals surface area (Å²) in [6, 6.07) is 18.9. The van der Waals surface area contributed by atoms with Gasteiger partial charge in [0, 0.05) is 11.2 Å². The van der Waals surface area contributed by atoms with Gasteiger partial charge in [-0.3, -0.25) is 0 Å². The molecule has 0 aliphatic rings. The summed E-state index contributed by atoms with van der Waals surface area (Å²) in [4.78, 5) is 0. The molecule has 0 radical (unpaired) electrons. The van der Waals surface area contributed by atoms with Crippen LogP contribution in [0.4, 0.5) is 0 Å². The van der Waals surface area contributed by atoms with E-state index in [9.17, 15) is 0 Å². The lowest BCUT2D eigenvalue weighted by Gasteiger charge is -2.16. The fourth-order valence-corrected chi connectivity index (χ4v) is 2.68. The Labute approximate surface area is 130 Å². The zero-order chi connectivity index (χ0) is 14.4. The van der Waals surface area contributed by atoms with Gasteiger partial charge in [0.2, 0.25) is 0 Å². The molecule has 1 atom stereocenters. The molecular weight excluding hydrogens is 312 g/mol. The van der Waals surface area contributed by atoms with Crippen LogP contribution in [0.1, 0.15) is 36.8 Å². The first-order chi connectivity index (χ1) is 9.70. The van der Waals surface area contributed by atoms with Crippen molar-refractivity contribution in [1.29, 1.82) is 0 Å². The van der Waals surface area contributed by atoms with E-state index >= 15 is 0 Å². The van der Waals surface area contributed by atoms with E-state index < -0.39 is 0 Å². The molecule has 0 aliphatic carbocycles. The summed E-state index contributed by atoms with van der Waals surface area (Å²) < 4.78 is 5.97. The summed E-state index contributed by atoms with van der Waals surface area (Å²) >= 11 is 3.58. The smallest absolute Gasteiger partial charge is 0.119 e. The maximum Gasteiger partial charge on any atom is 0.119 e. The summed E-state index contributed by atoms with van der Waals surface area (Å²) in [6.07, 6.45) is 0. The number of halogens is 1. The molecule has 0 fully saturated rings. The van der Waals surface area contributed by atoms with Gasteiger partial charge in [0.25, 0.3) is 0 Å². The van der Waals surface area contributed by atoms with Crippen molar-refractivity contribution >= 4 is 15.9 Å². The van der Waals surface area contributed by atoms with Crippen molar-refractivity contribution in [2.45, 2.75) is 25.7 Å². The molecule has 0 heterocycles. The van der Waals surface area contributed by atoms with E-state index in [0.29, 0.717) is 18.4 Å². The third-order valence-electron chi connectivity index (χ3n) is 3.43. The van der Waals surface area contributed by atoms with Crippen molar-refractivity contribution in [2.24, 2.45) is 0 Å². The van der Waals surface area contributed by atoms with Gasteiger partial charge < -0.3 is 4.74 Å². The van der Waals surface area contributed by atoms with Gasteiger partial charge >= 0.3 is 0 Å². The van der Waals surface area contributed by atoms with Crippen LogP contribution in [-0.4, -0.2) is 11.9 Å². The molecule has 0 N–H and O–H groups in total. The second-order valence-electron chi connectivity index (χ2n) is 5.30. The molecule has 2 aromatic rings. The van der Waals surface area contributed by atoms with E-state index in [4.69, 9.17) is 4.74 Å². The molecule has 1 unspecified atom stereocenters.